The van der Waals surface area contributed by atoms with Crippen LogP contribution in [0.1, 0.15) is 17.3 Å². The van der Waals surface area contributed by atoms with E-state index >= 15 is 0 Å². The monoisotopic (exact) mass is 180 g/mol. The zero-order valence-corrected chi connectivity index (χ0v) is 7.74. The molecule has 3 heteroatoms. The van der Waals surface area contributed by atoms with Crippen molar-refractivity contribution in [2.75, 3.05) is 13.7 Å². The van der Waals surface area contributed by atoms with Crippen molar-refractivity contribution in [3.05, 3.63) is 29.8 Å². The molecule has 0 amide bonds. The number of hydrogen-bond donors (Lipinski definition) is 0. The molecule has 13 heavy (non-hydrogen) atoms. The van der Waals surface area contributed by atoms with Crippen molar-refractivity contribution in [2.45, 2.75) is 6.92 Å². The summed E-state index contributed by atoms with van der Waals surface area (Å²) < 4.78 is 9.78. The molecule has 0 radical (unpaired) electrons. The lowest BCUT2D eigenvalue weighted by Gasteiger charge is -2.03. The second-order valence-electron chi connectivity index (χ2n) is 2.45. The highest BCUT2D eigenvalue weighted by Gasteiger charge is 2.03. The van der Waals surface area contributed by atoms with Crippen LogP contribution in [0.25, 0.3) is 0 Å². The molecule has 1 aromatic carbocycles. The number of carbonyl (C=O) groups excluding carboxylic acids is 1. The summed E-state index contributed by atoms with van der Waals surface area (Å²) in [5.41, 5.74) is 0.533. The third kappa shape index (κ3) is 2.47. The second kappa shape index (κ2) is 4.50. The Morgan fingerprint density at radius 1 is 1.31 bits per heavy atom. The molecule has 0 spiro atoms. The number of esters is 1. The average Bonchev–Trinajstić information content (AvgIpc) is 2.18. The molecule has 0 aliphatic rings. The highest BCUT2D eigenvalue weighted by Crippen LogP contribution is 2.12. The van der Waals surface area contributed by atoms with E-state index in [1.165, 1.54) is 7.11 Å². The van der Waals surface area contributed by atoms with Crippen LogP contribution in [0.2, 0.25) is 0 Å². The molecular formula is C10H12O3. The standard InChI is InChI=1S/C10H12O3/c1-3-13-9-6-4-8(5-7-9)10(11)12-2/h4-7H,3H2,1-2H3. The first kappa shape index (κ1) is 9.58. The fourth-order valence-electron chi connectivity index (χ4n) is 0.972. The van der Waals surface area contributed by atoms with E-state index in [0.717, 1.165) is 5.75 Å². The third-order valence-corrected chi connectivity index (χ3v) is 1.59. The van der Waals surface area contributed by atoms with E-state index < -0.39 is 0 Å². The SMILES string of the molecule is CCOc1ccc(C(=O)OC)cc1. The molecule has 0 bridgehead atoms. The molecule has 0 N–H and O–H groups in total. The van der Waals surface area contributed by atoms with Gasteiger partial charge in [0.2, 0.25) is 0 Å². The van der Waals surface area contributed by atoms with E-state index in [-0.39, 0.29) is 5.97 Å². The fraction of sp³-hybridized carbons (Fsp3) is 0.300. The Morgan fingerprint density at radius 2 is 1.92 bits per heavy atom. The molecule has 0 aliphatic heterocycles. The van der Waals surface area contributed by atoms with E-state index in [2.05, 4.69) is 4.74 Å². The Bertz CT molecular complexity index is 277. The van der Waals surface area contributed by atoms with Crippen molar-refractivity contribution in [1.82, 2.24) is 0 Å². The largest absolute Gasteiger partial charge is 0.494 e. The Kier molecular flexibility index (Phi) is 3.31. The quantitative estimate of drug-likeness (QED) is 0.666. The van der Waals surface area contributed by atoms with Gasteiger partial charge in [0.15, 0.2) is 0 Å². The topological polar surface area (TPSA) is 35.5 Å². The predicted octanol–water partition coefficient (Wildman–Crippen LogP) is 1.87. The molecule has 1 aromatic rings. The van der Waals surface area contributed by atoms with Gasteiger partial charge in [0.25, 0.3) is 0 Å². The van der Waals surface area contributed by atoms with Gasteiger partial charge in [-0.1, -0.05) is 0 Å². The summed E-state index contributed by atoms with van der Waals surface area (Å²) in [6, 6.07) is 6.85. The van der Waals surface area contributed by atoms with E-state index in [4.69, 9.17) is 4.74 Å². The van der Waals surface area contributed by atoms with Crippen LogP contribution in [0.15, 0.2) is 24.3 Å². The van der Waals surface area contributed by atoms with Crippen LogP contribution in [0.4, 0.5) is 0 Å². The van der Waals surface area contributed by atoms with Crippen molar-refractivity contribution in [3.63, 3.8) is 0 Å². The lowest BCUT2D eigenvalue weighted by molar-refractivity contribution is 0.0600. The van der Waals surface area contributed by atoms with Crippen LogP contribution in [0.5, 0.6) is 5.75 Å². The van der Waals surface area contributed by atoms with Gasteiger partial charge in [-0.3, -0.25) is 0 Å². The first-order valence-electron chi connectivity index (χ1n) is 4.09. The number of benzene rings is 1. The molecule has 70 valence electrons. The number of rotatable bonds is 3. The highest BCUT2D eigenvalue weighted by atomic mass is 16.5. The van der Waals surface area contributed by atoms with Gasteiger partial charge in [-0.25, -0.2) is 4.79 Å². The van der Waals surface area contributed by atoms with Crippen molar-refractivity contribution < 1.29 is 14.3 Å². The van der Waals surface area contributed by atoms with Gasteiger partial charge >= 0.3 is 5.97 Å². The first-order chi connectivity index (χ1) is 6.27. The van der Waals surface area contributed by atoms with Gasteiger partial charge in [-0.05, 0) is 31.2 Å². The third-order valence-electron chi connectivity index (χ3n) is 1.59. The predicted molar refractivity (Wildman–Crippen MR) is 49.0 cm³/mol. The molecule has 0 fully saturated rings. The summed E-state index contributed by atoms with van der Waals surface area (Å²) in [7, 11) is 1.36. The number of carbonyl (C=O) groups is 1. The van der Waals surface area contributed by atoms with Gasteiger partial charge in [-0.2, -0.15) is 0 Å². The Labute approximate surface area is 77.3 Å². The number of methoxy groups -OCH3 is 1. The van der Waals surface area contributed by atoms with Gasteiger partial charge in [0.1, 0.15) is 5.75 Å². The van der Waals surface area contributed by atoms with Gasteiger partial charge in [0.05, 0.1) is 19.3 Å². The van der Waals surface area contributed by atoms with E-state index in [1.807, 2.05) is 6.92 Å². The van der Waals surface area contributed by atoms with Crippen molar-refractivity contribution in [2.24, 2.45) is 0 Å². The second-order valence-corrected chi connectivity index (χ2v) is 2.45. The van der Waals surface area contributed by atoms with Crippen molar-refractivity contribution in [1.29, 1.82) is 0 Å². The minimum Gasteiger partial charge on any atom is -0.494 e. The summed E-state index contributed by atoms with van der Waals surface area (Å²) in [4.78, 5) is 11.0. The Morgan fingerprint density at radius 3 is 2.38 bits per heavy atom. The highest BCUT2D eigenvalue weighted by molar-refractivity contribution is 5.89. The molecule has 0 saturated carbocycles. The first-order valence-corrected chi connectivity index (χ1v) is 4.09. The lowest BCUT2D eigenvalue weighted by Crippen LogP contribution is -2.00. The van der Waals surface area contributed by atoms with Crippen LogP contribution < -0.4 is 4.74 Å². The molecule has 3 nitrogen and oxygen atoms in total. The summed E-state index contributed by atoms with van der Waals surface area (Å²) in [5, 5.41) is 0. The minimum atomic E-state index is -0.331. The van der Waals surface area contributed by atoms with Crippen LogP contribution in [0, 0.1) is 0 Å². The summed E-state index contributed by atoms with van der Waals surface area (Å²) >= 11 is 0. The molecule has 0 heterocycles. The molecule has 1 rings (SSSR count). The van der Waals surface area contributed by atoms with E-state index in [1.54, 1.807) is 24.3 Å². The van der Waals surface area contributed by atoms with Crippen molar-refractivity contribution >= 4 is 5.97 Å². The zero-order chi connectivity index (χ0) is 9.68. The molecule has 0 atom stereocenters. The molecule has 0 aromatic heterocycles. The summed E-state index contributed by atoms with van der Waals surface area (Å²) in [6.45, 7) is 2.53. The minimum absolute atomic E-state index is 0.331. The Balaban J connectivity index is 2.75. The van der Waals surface area contributed by atoms with Gasteiger partial charge in [0, 0.05) is 0 Å². The van der Waals surface area contributed by atoms with Crippen LogP contribution in [-0.2, 0) is 4.74 Å². The number of ether oxygens (including phenoxy) is 2. The maximum absolute atomic E-state index is 11.0. The van der Waals surface area contributed by atoms with Crippen LogP contribution >= 0.6 is 0 Å². The summed E-state index contributed by atoms with van der Waals surface area (Å²) in [5.74, 6) is 0.429. The number of hydrogen-bond acceptors (Lipinski definition) is 3. The van der Waals surface area contributed by atoms with Crippen LogP contribution in [-0.4, -0.2) is 19.7 Å². The molecular weight excluding hydrogens is 168 g/mol. The van der Waals surface area contributed by atoms with E-state index in [9.17, 15) is 4.79 Å². The normalized spacial score (nSPS) is 9.38. The van der Waals surface area contributed by atoms with E-state index in [0.29, 0.717) is 12.2 Å². The Hall–Kier alpha value is -1.51. The lowest BCUT2D eigenvalue weighted by atomic mass is 10.2. The average molecular weight is 180 g/mol. The van der Waals surface area contributed by atoms with Gasteiger partial charge < -0.3 is 9.47 Å². The fourth-order valence-corrected chi connectivity index (χ4v) is 0.972. The zero-order valence-electron chi connectivity index (χ0n) is 7.74. The summed E-state index contributed by atoms with van der Waals surface area (Å²) in [6.07, 6.45) is 0. The molecule has 0 aliphatic carbocycles. The smallest absolute Gasteiger partial charge is 0.337 e. The molecule has 0 saturated heterocycles. The van der Waals surface area contributed by atoms with Gasteiger partial charge in [-0.15, -0.1) is 0 Å². The maximum Gasteiger partial charge on any atom is 0.337 e. The molecule has 0 unspecified atom stereocenters. The van der Waals surface area contributed by atoms with Crippen LogP contribution in [0.3, 0.4) is 0 Å². The maximum atomic E-state index is 11.0. The van der Waals surface area contributed by atoms with Crippen molar-refractivity contribution in [3.8, 4) is 5.75 Å².